The molecule has 2 bridgehead atoms. The van der Waals surface area contributed by atoms with Crippen molar-refractivity contribution in [3.63, 3.8) is 0 Å². The van der Waals surface area contributed by atoms with Gasteiger partial charge in [-0.1, -0.05) is 18.0 Å². The highest BCUT2D eigenvalue weighted by atomic mass is 35.5. The normalized spacial score (nSPS) is 23.6. The van der Waals surface area contributed by atoms with Gasteiger partial charge in [0.05, 0.1) is 10.6 Å². The van der Waals surface area contributed by atoms with Crippen molar-refractivity contribution in [1.82, 2.24) is 5.32 Å². The summed E-state index contributed by atoms with van der Waals surface area (Å²) in [4.78, 5) is 12.8. The van der Waals surface area contributed by atoms with Gasteiger partial charge < -0.3 is 5.32 Å². The zero-order valence-corrected chi connectivity index (χ0v) is 17.2. The molecule has 0 heterocycles. The summed E-state index contributed by atoms with van der Waals surface area (Å²) in [6.07, 6.45) is 4.81. The first-order valence-corrected chi connectivity index (χ1v) is 11.4. The third-order valence-corrected chi connectivity index (χ3v) is 7.54. The number of sulfonamides is 1. The Balaban J connectivity index is 1.46. The molecule has 2 aliphatic carbocycles. The Morgan fingerprint density at radius 1 is 1.07 bits per heavy atom. The van der Waals surface area contributed by atoms with Gasteiger partial charge in [0.1, 0.15) is 0 Å². The molecule has 0 unspecified atom stereocenters. The predicted molar refractivity (Wildman–Crippen MR) is 110 cm³/mol. The molecule has 2 fully saturated rings. The number of halogens is 1. The minimum Gasteiger partial charge on any atom is -0.349 e. The lowest BCUT2D eigenvalue weighted by molar-refractivity contribution is 0.0923. The van der Waals surface area contributed by atoms with Gasteiger partial charge in [0.2, 0.25) is 0 Å². The van der Waals surface area contributed by atoms with E-state index in [4.69, 9.17) is 11.6 Å². The third kappa shape index (κ3) is 3.89. The lowest BCUT2D eigenvalue weighted by Gasteiger charge is -2.23. The number of hydrogen-bond donors (Lipinski definition) is 2. The van der Waals surface area contributed by atoms with E-state index in [0.29, 0.717) is 27.8 Å². The molecule has 2 aliphatic rings. The van der Waals surface area contributed by atoms with Crippen LogP contribution in [0.5, 0.6) is 0 Å². The maximum absolute atomic E-state index is 12.6. The van der Waals surface area contributed by atoms with Crippen molar-refractivity contribution < 1.29 is 13.2 Å². The highest BCUT2D eigenvalue weighted by Crippen LogP contribution is 2.44. The van der Waals surface area contributed by atoms with Crippen LogP contribution in [-0.4, -0.2) is 20.4 Å². The first-order chi connectivity index (χ1) is 13.3. The molecule has 0 radical (unpaired) electrons. The Labute approximate surface area is 170 Å². The minimum atomic E-state index is -3.72. The average molecular weight is 419 g/mol. The average Bonchev–Trinajstić information content (AvgIpc) is 3.26. The summed E-state index contributed by atoms with van der Waals surface area (Å²) < 4.78 is 27.7. The molecule has 2 aromatic carbocycles. The van der Waals surface area contributed by atoms with E-state index in [2.05, 4.69) is 10.0 Å². The number of fused-ring (bicyclic) bond motifs is 2. The van der Waals surface area contributed by atoms with Gasteiger partial charge in [0.15, 0.2) is 0 Å². The van der Waals surface area contributed by atoms with E-state index in [-0.39, 0.29) is 16.8 Å². The molecule has 0 aliphatic heterocycles. The molecule has 4 rings (SSSR count). The highest BCUT2D eigenvalue weighted by molar-refractivity contribution is 7.92. The standard InChI is InChI=1S/C21H23ClN2O3S/c1-13-10-16(21(25)23-20-12-14-2-3-15(20)11-14)4-9-19(13)24-28(26,27)18-7-5-17(22)6-8-18/h4-10,14-15,20,24H,2-3,11-12H2,1H3,(H,23,25)/t14-,15-,20-/m1/s1. The van der Waals surface area contributed by atoms with Crippen molar-refractivity contribution in [3.8, 4) is 0 Å². The fourth-order valence-corrected chi connectivity index (χ4v) is 5.67. The van der Waals surface area contributed by atoms with Crippen LogP contribution in [0.1, 0.15) is 41.6 Å². The van der Waals surface area contributed by atoms with Gasteiger partial charge in [-0.25, -0.2) is 8.42 Å². The van der Waals surface area contributed by atoms with Crippen molar-refractivity contribution >= 4 is 33.2 Å². The van der Waals surface area contributed by atoms with Gasteiger partial charge >= 0.3 is 0 Å². The molecule has 1 amide bonds. The summed E-state index contributed by atoms with van der Waals surface area (Å²) in [6, 6.07) is 11.3. The van der Waals surface area contributed by atoms with Gasteiger partial charge in [0, 0.05) is 16.6 Å². The van der Waals surface area contributed by atoms with E-state index in [1.165, 1.54) is 43.5 Å². The Bertz CT molecular complexity index is 1000. The second-order valence-corrected chi connectivity index (χ2v) is 9.96. The van der Waals surface area contributed by atoms with E-state index in [1.807, 2.05) is 0 Å². The summed E-state index contributed by atoms with van der Waals surface area (Å²) in [5, 5.41) is 3.64. The van der Waals surface area contributed by atoms with Crippen molar-refractivity contribution in [2.75, 3.05) is 4.72 Å². The van der Waals surface area contributed by atoms with Crippen LogP contribution < -0.4 is 10.0 Å². The van der Waals surface area contributed by atoms with Gasteiger partial charge in [-0.3, -0.25) is 9.52 Å². The number of carbonyl (C=O) groups excluding carboxylic acids is 1. The van der Waals surface area contributed by atoms with Crippen LogP contribution in [0.2, 0.25) is 5.02 Å². The van der Waals surface area contributed by atoms with Crippen LogP contribution in [-0.2, 0) is 10.0 Å². The number of amides is 1. The monoisotopic (exact) mass is 418 g/mol. The molecule has 148 valence electrons. The second kappa shape index (κ2) is 7.41. The maximum atomic E-state index is 12.6. The smallest absolute Gasteiger partial charge is 0.261 e. The van der Waals surface area contributed by atoms with Crippen LogP contribution >= 0.6 is 11.6 Å². The molecule has 28 heavy (non-hydrogen) atoms. The third-order valence-electron chi connectivity index (χ3n) is 5.91. The summed E-state index contributed by atoms with van der Waals surface area (Å²) in [5.41, 5.74) is 1.69. The van der Waals surface area contributed by atoms with E-state index < -0.39 is 10.0 Å². The number of hydrogen-bond acceptors (Lipinski definition) is 3. The van der Waals surface area contributed by atoms with Crippen molar-refractivity contribution in [2.45, 2.75) is 43.5 Å². The Kier molecular flexibility index (Phi) is 5.10. The fraction of sp³-hybridized carbons (Fsp3) is 0.381. The largest absolute Gasteiger partial charge is 0.349 e. The van der Waals surface area contributed by atoms with E-state index in [1.54, 1.807) is 25.1 Å². The van der Waals surface area contributed by atoms with Crippen molar-refractivity contribution in [2.24, 2.45) is 11.8 Å². The van der Waals surface area contributed by atoms with Crippen LogP contribution in [0.4, 0.5) is 5.69 Å². The number of nitrogens with one attached hydrogen (secondary N) is 2. The van der Waals surface area contributed by atoms with Gasteiger partial charge in [0.25, 0.3) is 15.9 Å². The molecular formula is C21H23ClN2O3S. The lowest BCUT2D eigenvalue weighted by atomic mass is 9.95. The molecule has 0 aromatic heterocycles. The van der Waals surface area contributed by atoms with Crippen molar-refractivity contribution in [3.05, 3.63) is 58.6 Å². The lowest BCUT2D eigenvalue weighted by Crippen LogP contribution is -2.38. The van der Waals surface area contributed by atoms with Gasteiger partial charge in [-0.05, 0) is 86.1 Å². The van der Waals surface area contributed by atoms with E-state index in [9.17, 15) is 13.2 Å². The minimum absolute atomic E-state index is 0.0900. The quantitative estimate of drug-likeness (QED) is 0.757. The zero-order valence-electron chi connectivity index (χ0n) is 15.6. The van der Waals surface area contributed by atoms with Crippen LogP contribution in [0.15, 0.2) is 47.4 Å². The molecule has 2 aromatic rings. The first kappa shape index (κ1) is 19.3. The number of aryl methyl sites for hydroxylation is 1. The SMILES string of the molecule is Cc1cc(C(=O)N[C@@H]2C[C@@H]3CC[C@@H]2C3)ccc1NS(=O)(=O)c1ccc(Cl)cc1. The van der Waals surface area contributed by atoms with Crippen molar-refractivity contribution in [1.29, 1.82) is 0 Å². The molecule has 7 heteroatoms. The topological polar surface area (TPSA) is 75.3 Å². The van der Waals surface area contributed by atoms with E-state index >= 15 is 0 Å². The zero-order chi connectivity index (χ0) is 19.9. The van der Waals surface area contributed by atoms with E-state index in [0.717, 1.165) is 12.3 Å². The maximum Gasteiger partial charge on any atom is 0.261 e. The Morgan fingerprint density at radius 2 is 1.82 bits per heavy atom. The fourth-order valence-electron chi connectivity index (χ4n) is 4.41. The summed E-state index contributed by atoms with van der Waals surface area (Å²) in [5.74, 6) is 1.29. The predicted octanol–water partition coefficient (Wildman–Crippen LogP) is 4.37. The van der Waals surface area contributed by atoms with Crippen LogP contribution in [0.3, 0.4) is 0 Å². The van der Waals surface area contributed by atoms with Gasteiger partial charge in [-0.15, -0.1) is 0 Å². The first-order valence-electron chi connectivity index (χ1n) is 9.52. The summed E-state index contributed by atoms with van der Waals surface area (Å²) >= 11 is 5.82. The summed E-state index contributed by atoms with van der Waals surface area (Å²) in [6.45, 7) is 1.79. The molecule has 2 N–H and O–H groups in total. The number of anilines is 1. The number of rotatable bonds is 5. The Morgan fingerprint density at radius 3 is 2.43 bits per heavy atom. The molecule has 3 atom stereocenters. The summed E-state index contributed by atoms with van der Waals surface area (Å²) in [7, 11) is -3.72. The molecule has 0 saturated heterocycles. The molecular weight excluding hydrogens is 396 g/mol. The number of benzene rings is 2. The number of carbonyl (C=O) groups is 1. The second-order valence-electron chi connectivity index (χ2n) is 7.84. The molecule has 0 spiro atoms. The Hall–Kier alpha value is -2.05. The molecule has 5 nitrogen and oxygen atoms in total. The van der Waals surface area contributed by atoms with Crippen LogP contribution in [0.25, 0.3) is 0 Å². The molecule has 2 saturated carbocycles. The van der Waals surface area contributed by atoms with Crippen LogP contribution in [0, 0.1) is 18.8 Å². The highest BCUT2D eigenvalue weighted by Gasteiger charge is 2.40. The van der Waals surface area contributed by atoms with Gasteiger partial charge in [-0.2, -0.15) is 0 Å².